The summed E-state index contributed by atoms with van der Waals surface area (Å²) in [6.45, 7) is 6.76. The fraction of sp³-hybridized carbons (Fsp3) is 0.400. The average Bonchev–Trinajstić information content (AvgIpc) is 2.87. The van der Waals surface area contributed by atoms with Crippen LogP contribution in [-0.2, 0) is 0 Å². The second kappa shape index (κ2) is 15.5. The van der Waals surface area contributed by atoms with Gasteiger partial charge in [-0.1, -0.05) is 40.0 Å². The number of nitrogens with zero attached hydrogens (tertiary/aromatic N) is 1. The lowest BCUT2D eigenvalue weighted by Gasteiger charge is -2.26. The zero-order chi connectivity index (χ0) is 24.0. The topological polar surface area (TPSA) is 3.24 Å². The van der Waals surface area contributed by atoms with Crippen molar-refractivity contribution < 1.29 is 0 Å². The molecule has 3 aromatic carbocycles. The molecule has 0 aliphatic rings. The van der Waals surface area contributed by atoms with Crippen molar-refractivity contribution in [3.63, 3.8) is 0 Å². The van der Waals surface area contributed by atoms with Crippen LogP contribution < -0.4 is 4.90 Å². The van der Waals surface area contributed by atoms with E-state index in [1.165, 1.54) is 87.5 Å². The zero-order valence-corrected chi connectivity index (χ0v) is 23.4. The standard InChI is InChI=1S/C30H39NS3/c1-4-7-22-32-28-16-10-25(11-17-28)31(26-12-18-29(19-13-26)33-23-8-5-2)27-14-20-30(21-15-27)34-24-9-6-3/h10-21H,4-9,22-24H2,1-3H3. The van der Waals surface area contributed by atoms with E-state index in [1.807, 2.05) is 35.3 Å². The molecule has 1 nitrogen and oxygen atoms in total. The van der Waals surface area contributed by atoms with Crippen molar-refractivity contribution in [2.45, 2.75) is 74.0 Å². The van der Waals surface area contributed by atoms with E-state index in [0.29, 0.717) is 0 Å². The molecule has 0 atom stereocenters. The summed E-state index contributed by atoms with van der Waals surface area (Å²) in [5, 5.41) is 0. The molecule has 0 N–H and O–H groups in total. The van der Waals surface area contributed by atoms with Gasteiger partial charge < -0.3 is 4.90 Å². The summed E-state index contributed by atoms with van der Waals surface area (Å²) < 4.78 is 0. The Morgan fingerprint density at radius 1 is 0.441 bits per heavy atom. The molecule has 0 aromatic heterocycles. The fourth-order valence-corrected chi connectivity index (χ4v) is 6.52. The van der Waals surface area contributed by atoms with Crippen molar-refractivity contribution in [3.8, 4) is 0 Å². The van der Waals surface area contributed by atoms with Gasteiger partial charge in [-0.15, -0.1) is 35.3 Å². The van der Waals surface area contributed by atoms with Gasteiger partial charge in [0.1, 0.15) is 0 Å². The van der Waals surface area contributed by atoms with E-state index >= 15 is 0 Å². The molecular formula is C30H39NS3. The molecule has 34 heavy (non-hydrogen) atoms. The largest absolute Gasteiger partial charge is 0.311 e. The third-order valence-corrected chi connectivity index (χ3v) is 8.88. The lowest BCUT2D eigenvalue weighted by molar-refractivity contribution is 0.896. The van der Waals surface area contributed by atoms with Crippen LogP contribution in [0.25, 0.3) is 0 Å². The van der Waals surface area contributed by atoms with Gasteiger partial charge in [0.2, 0.25) is 0 Å². The number of hydrogen-bond donors (Lipinski definition) is 0. The molecule has 0 aliphatic heterocycles. The van der Waals surface area contributed by atoms with E-state index in [4.69, 9.17) is 0 Å². The van der Waals surface area contributed by atoms with Gasteiger partial charge in [-0.25, -0.2) is 0 Å². The summed E-state index contributed by atoms with van der Waals surface area (Å²) in [6, 6.07) is 27.2. The molecule has 0 aliphatic carbocycles. The van der Waals surface area contributed by atoms with Gasteiger partial charge in [0.05, 0.1) is 0 Å². The van der Waals surface area contributed by atoms with Gasteiger partial charge in [0.25, 0.3) is 0 Å². The molecule has 0 heterocycles. The number of hydrogen-bond acceptors (Lipinski definition) is 4. The van der Waals surface area contributed by atoms with Gasteiger partial charge in [0, 0.05) is 31.7 Å². The van der Waals surface area contributed by atoms with Crippen LogP contribution in [0, 0.1) is 0 Å². The first-order valence-corrected chi connectivity index (χ1v) is 15.7. The Balaban J connectivity index is 1.83. The van der Waals surface area contributed by atoms with Crippen LogP contribution in [0.2, 0.25) is 0 Å². The maximum Gasteiger partial charge on any atom is 0.0462 e. The predicted molar refractivity (Wildman–Crippen MR) is 158 cm³/mol. The molecule has 0 unspecified atom stereocenters. The summed E-state index contributed by atoms with van der Waals surface area (Å²) in [7, 11) is 0. The van der Waals surface area contributed by atoms with Crippen LogP contribution in [0.1, 0.15) is 59.3 Å². The highest BCUT2D eigenvalue weighted by Crippen LogP contribution is 2.37. The summed E-state index contributed by atoms with van der Waals surface area (Å²) in [5.41, 5.74) is 3.62. The molecule has 0 fully saturated rings. The van der Waals surface area contributed by atoms with Crippen molar-refractivity contribution in [2.24, 2.45) is 0 Å². The van der Waals surface area contributed by atoms with Crippen LogP contribution in [0.5, 0.6) is 0 Å². The third-order valence-electron chi connectivity index (χ3n) is 5.58. The molecule has 182 valence electrons. The smallest absolute Gasteiger partial charge is 0.0462 e. The lowest BCUT2D eigenvalue weighted by Crippen LogP contribution is -2.09. The SMILES string of the molecule is CCCCSc1ccc(N(c2ccc(SCCCC)cc2)c2ccc(SCCCC)cc2)cc1. The van der Waals surface area contributed by atoms with Gasteiger partial charge >= 0.3 is 0 Å². The van der Waals surface area contributed by atoms with E-state index in [1.54, 1.807) is 0 Å². The number of rotatable bonds is 15. The van der Waals surface area contributed by atoms with Crippen LogP contribution in [0.3, 0.4) is 0 Å². The third kappa shape index (κ3) is 8.62. The van der Waals surface area contributed by atoms with E-state index in [0.717, 1.165) is 0 Å². The maximum atomic E-state index is 2.38. The van der Waals surface area contributed by atoms with E-state index in [-0.39, 0.29) is 0 Å². The molecule has 0 spiro atoms. The van der Waals surface area contributed by atoms with Crippen LogP contribution in [0.15, 0.2) is 87.5 Å². The number of unbranched alkanes of at least 4 members (excludes halogenated alkanes) is 3. The highest BCUT2D eigenvalue weighted by atomic mass is 32.2. The molecule has 0 bridgehead atoms. The Morgan fingerprint density at radius 3 is 0.941 bits per heavy atom. The summed E-state index contributed by atoms with van der Waals surface area (Å²) in [5.74, 6) is 3.57. The summed E-state index contributed by atoms with van der Waals surface area (Å²) in [6.07, 6.45) is 7.55. The van der Waals surface area contributed by atoms with Crippen molar-refractivity contribution in [1.82, 2.24) is 0 Å². The normalized spacial score (nSPS) is 11.0. The Labute approximate surface area is 220 Å². The Kier molecular flexibility index (Phi) is 12.4. The quantitative estimate of drug-likeness (QED) is 0.148. The van der Waals surface area contributed by atoms with Crippen LogP contribution >= 0.6 is 35.3 Å². The van der Waals surface area contributed by atoms with E-state index in [2.05, 4.69) is 98.5 Å². The van der Waals surface area contributed by atoms with Crippen LogP contribution in [0.4, 0.5) is 17.1 Å². The van der Waals surface area contributed by atoms with Crippen molar-refractivity contribution in [3.05, 3.63) is 72.8 Å². The average molecular weight is 510 g/mol. The molecule has 0 saturated heterocycles. The van der Waals surface area contributed by atoms with Gasteiger partial charge in [-0.3, -0.25) is 0 Å². The predicted octanol–water partition coefficient (Wildman–Crippen LogP) is 10.8. The first-order valence-electron chi connectivity index (χ1n) is 12.7. The van der Waals surface area contributed by atoms with Crippen molar-refractivity contribution >= 4 is 52.3 Å². The summed E-state index contributed by atoms with van der Waals surface area (Å²) >= 11 is 5.87. The molecule has 4 heteroatoms. The number of thioether (sulfide) groups is 3. The Bertz CT molecular complexity index is 809. The van der Waals surface area contributed by atoms with E-state index in [9.17, 15) is 0 Å². The minimum Gasteiger partial charge on any atom is -0.311 e. The van der Waals surface area contributed by atoms with Crippen molar-refractivity contribution in [2.75, 3.05) is 22.2 Å². The second-order valence-corrected chi connectivity index (χ2v) is 11.9. The Morgan fingerprint density at radius 2 is 0.706 bits per heavy atom. The number of benzene rings is 3. The van der Waals surface area contributed by atoms with Gasteiger partial charge in [-0.05, 0) is 109 Å². The van der Waals surface area contributed by atoms with Crippen molar-refractivity contribution in [1.29, 1.82) is 0 Å². The molecular weight excluding hydrogens is 471 g/mol. The highest BCUT2D eigenvalue weighted by molar-refractivity contribution is 7.99. The van der Waals surface area contributed by atoms with Gasteiger partial charge in [0.15, 0.2) is 0 Å². The molecule has 0 saturated carbocycles. The Hall–Kier alpha value is -1.49. The lowest BCUT2D eigenvalue weighted by atomic mass is 10.2. The minimum absolute atomic E-state index is 1.19. The second-order valence-electron chi connectivity index (χ2n) is 8.42. The van der Waals surface area contributed by atoms with E-state index < -0.39 is 0 Å². The summed E-state index contributed by atoms with van der Waals surface area (Å²) in [4.78, 5) is 6.43. The first-order chi connectivity index (χ1) is 16.7. The molecule has 3 rings (SSSR count). The molecule has 0 amide bonds. The fourth-order valence-electron chi connectivity index (χ4n) is 3.52. The van der Waals surface area contributed by atoms with Gasteiger partial charge in [-0.2, -0.15) is 0 Å². The zero-order valence-electron chi connectivity index (χ0n) is 21.0. The van der Waals surface area contributed by atoms with Crippen LogP contribution in [-0.4, -0.2) is 17.3 Å². The molecule has 3 aromatic rings. The minimum atomic E-state index is 1.19. The number of anilines is 3. The molecule has 0 radical (unpaired) electrons. The highest BCUT2D eigenvalue weighted by Gasteiger charge is 2.13. The maximum absolute atomic E-state index is 2.38. The first kappa shape index (κ1) is 27.1. The monoisotopic (exact) mass is 509 g/mol.